The summed E-state index contributed by atoms with van der Waals surface area (Å²) in [5, 5.41) is 3.49. The molecule has 0 amide bonds. The van der Waals surface area contributed by atoms with E-state index in [-0.39, 0.29) is 0 Å². The largest absolute Gasteiger partial charge is 0.314 e. The molecule has 1 aromatic carbocycles. The van der Waals surface area contributed by atoms with Crippen LogP contribution in [0.15, 0.2) is 24.3 Å². The fraction of sp³-hybridized carbons (Fsp3) is 0.667. The summed E-state index contributed by atoms with van der Waals surface area (Å²) in [5.74, 6) is 0.876. The lowest BCUT2D eigenvalue weighted by Crippen LogP contribution is -2.46. The average Bonchev–Trinajstić information content (AvgIpc) is 3.03. The second-order valence-electron chi connectivity index (χ2n) is 6.37. The summed E-state index contributed by atoms with van der Waals surface area (Å²) in [6.07, 6.45) is 6.84. The minimum Gasteiger partial charge on any atom is -0.314 e. The smallest absolute Gasteiger partial charge is 0.0377 e. The van der Waals surface area contributed by atoms with Gasteiger partial charge in [-0.2, -0.15) is 0 Å². The summed E-state index contributed by atoms with van der Waals surface area (Å²) >= 11 is 0. The van der Waals surface area contributed by atoms with Gasteiger partial charge in [-0.1, -0.05) is 44.0 Å². The fourth-order valence-corrected chi connectivity index (χ4v) is 3.97. The number of aryl methyl sites for hydroxylation is 1. The van der Waals surface area contributed by atoms with Crippen molar-refractivity contribution in [2.45, 2.75) is 45.1 Å². The first-order chi connectivity index (χ1) is 9.88. The van der Waals surface area contributed by atoms with E-state index in [0.717, 1.165) is 25.4 Å². The number of hydrogen-bond acceptors (Lipinski definition) is 2. The molecule has 2 nitrogen and oxygen atoms in total. The molecular weight excluding hydrogens is 244 g/mol. The van der Waals surface area contributed by atoms with Gasteiger partial charge in [0, 0.05) is 32.2 Å². The quantitative estimate of drug-likeness (QED) is 0.904. The maximum absolute atomic E-state index is 3.49. The van der Waals surface area contributed by atoms with Crippen LogP contribution >= 0.6 is 0 Å². The van der Waals surface area contributed by atoms with Crippen molar-refractivity contribution in [3.8, 4) is 0 Å². The molecule has 1 saturated carbocycles. The number of nitrogens with one attached hydrogen (secondary N) is 1. The minimum absolute atomic E-state index is 0.658. The van der Waals surface area contributed by atoms with Crippen molar-refractivity contribution < 1.29 is 0 Å². The Balaban J connectivity index is 1.82. The third-order valence-electron chi connectivity index (χ3n) is 5.12. The predicted molar refractivity (Wildman–Crippen MR) is 85.0 cm³/mol. The van der Waals surface area contributed by atoms with Crippen molar-refractivity contribution in [3.05, 3.63) is 35.4 Å². The number of piperazine rings is 1. The van der Waals surface area contributed by atoms with Crippen LogP contribution < -0.4 is 5.32 Å². The lowest BCUT2D eigenvalue weighted by molar-refractivity contribution is 0.125. The van der Waals surface area contributed by atoms with Gasteiger partial charge in [0.05, 0.1) is 0 Å². The van der Waals surface area contributed by atoms with E-state index in [1.54, 1.807) is 5.56 Å². The molecule has 1 aromatic rings. The summed E-state index contributed by atoms with van der Waals surface area (Å²) in [6.45, 7) is 6.94. The van der Waals surface area contributed by atoms with E-state index in [9.17, 15) is 0 Å². The highest BCUT2D eigenvalue weighted by molar-refractivity contribution is 5.26. The van der Waals surface area contributed by atoms with Gasteiger partial charge < -0.3 is 5.32 Å². The molecule has 110 valence electrons. The van der Waals surface area contributed by atoms with Gasteiger partial charge in [-0.15, -0.1) is 0 Å². The van der Waals surface area contributed by atoms with Crippen molar-refractivity contribution >= 4 is 0 Å². The molecule has 0 spiro atoms. The normalized spacial score (nSPS) is 23.1. The van der Waals surface area contributed by atoms with Gasteiger partial charge in [0.25, 0.3) is 0 Å². The molecule has 3 rings (SSSR count). The Hall–Kier alpha value is -0.860. The summed E-state index contributed by atoms with van der Waals surface area (Å²) in [7, 11) is 0. The molecule has 2 aliphatic rings. The van der Waals surface area contributed by atoms with Crippen LogP contribution in [0.3, 0.4) is 0 Å². The molecule has 1 N–H and O–H groups in total. The predicted octanol–water partition coefficient (Wildman–Crippen LogP) is 3.39. The van der Waals surface area contributed by atoms with Crippen LogP contribution in [0.5, 0.6) is 0 Å². The fourth-order valence-electron chi connectivity index (χ4n) is 3.97. The zero-order chi connectivity index (χ0) is 13.8. The Morgan fingerprint density at radius 2 is 1.75 bits per heavy atom. The van der Waals surface area contributed by atoms with Crippen molar-refractivity contribution in [2.75, 3.05) is 26.2 Å². The topological polar surface area (TPSA) is 15.3 Å². The number of nitrogens with zero attached hydrogens (tertiary/aromatic N) is 1. The first kappa shape index (κ1) is 14.1. The van der Waals surface area contributed by atoms with Crippen molar-refractivity contribution in [1.82, 2.24) is 10.2 Å². The maximum Gasteiger partial charge on any atom is 0.0377 e. The lowest BCUT2D eigenvalue weighted by atomic mass is 9.89. The molecule has 1 heterocycles. The van der Waals surface area contributed by atoms with Gasteiger partial charge in [-0.3, -0.25) is 4.90 Å². The van der Waals surface area contributed by atoms with Crippen LogP contribution in [0.4, 0.5) is 0 Å². The van der Waals surface area contributed by atoms with Crippen LogP contribution in [0.25, 0.3) is 0 Å². The molecule has 2 fully saturated rings. The molecule has 1 aliphatic heterocycles. The molecule has 1 atom stereocenters. The monoisotopic (exact) mass is 272 g/mol. The third kappa shape index (κ3) is 3.07. The highest BCUT2D eigenvalue weighted by atomic mass is 15.2. The Kier molecular flexibility index (Phi) is 4.74. The molecule has 0 aromatic heterocycles. The van der Waals surface area contributed by atoms with Gasteiger partial charge in [0.2, 0.25) is 0 Å². The summed E-state index contributed by atoms with van der Waals surface area (Å²) in [6, 6.07) is 10.1. The molecule has 0 bridgehead atoms. The van der Waals surface area contributed by atoms with Crippen molar-refractivity contribution in [1.29, 1.82) is 0 Å². The standard InChI is InChI=1S/C18H28N2/c1-2-15-7-9-17(10-8-15)18(16-5-3-4-6-16)20-13-11-19-12-14-20/h7-10,16,18-19H,2-6,11-14H2,1H3. The van der Waals surface area contributed by atoms with Crippen LogP contribution in [0.2, 0.25) is 0 Å². The molecule has 20 heavy (non-hydrogen) atoms. The van der Waals surface area contributed by atoms with E-state index >= 15 is 0 Å². The van der Waals surface area contributed by atoms with Crippen molar-refractivity contribution in [3.63, 3.8) is 0 Å². The second kappa shape index (κ2) is 6.73. The van der Waals surface area contributed by atoms with Gasteiger partial charge in [0.1, 0.15) is 0 Å². The van der Waals surface area contributed by atoms with E-state index in [2.05, 4.69) is 41.4 Å². The van der Waals surface area contributed by atoms with Gasteiger partial charge in [0.15, 0.2) is 0 Å². The van der Waals surface area contributed by atoms with Gasteiger partial charge in [-0.25, -0.2) is 0 Å². The molecule has 1 aliphatic carbocycles. The second-order valence-corrected chi connectivity index (χ2v) is 6.37. The SMILES string of the molecule is CCc1ccc(C(C2CCCC2)N2CCNCC2)cc1. The third-order valence-corrected chi connectivity index (χ3v) is 5.12. The average molecular weight is 272 g/mol. The van der Waals surface area contributed by atoms with Gasteiger partial charge in [-0.05, 0) is 36.3 Å². The zero-order valence-electron chi connectivity index (χ0n) is 12.8. The summed E-state index contributed by atoms with van der Waals surface area (Å²) < 4.78 is 0. The highest BCUT2D eigenvalue weighted by Gasteiger charge is 2.31. The molecular formula is C18H28N2. The van der Waals surface area contributed by atoms with Crippen LogP contribution in [0, 0.1) is 5.92 Å². The Labute approximate surface area is 123 Å². The van der Waals surface area contributed by atoms with E-state index in [1.165, 1.54) is 44.3 Å². The van der Waals surface area contributed by atoms with E-state index in [0.29, 0.717) is 6.04 Å². The number of benzene rings is 1. The molecule has 2 heteroatoms. The van der Waals surface area contributed by atoms with Gasteiger partial charge >= 0.3 is 0 Å². The Morgan fingerprint density at radius 3 is 2.35 bits per heavy atom. The highest BCUT2D eigenvalue weighted by Crippen LogP contribution is 2.39. The molecule has 0 radical (unpaired) electrons. The minimum atomic E-state index is 0.658. The van der Waals surface area contributed by atoms with Crippen LogP contribution in [-0.2, 0) is 6.42 Å². The van der Waals surface area contributed by atoms with Crippen LogP contribution in [0.1, 0.15) is 49.8 Å². The molecule has 1 unspecified atom stereocenters. The van der Waals surface area contributed by atoms with E-state index in [4.69, 9.17) is 0 Å². The van der Waals surface area contributed by atoms with Crippen molar-refractivity contribution in [2.24, 2.45) is 5.92 Å². The number of hydrogen-bond donors (Lipinski definition) is 1. The van der Waals surface area contributed by atoms with E-state index in [1.807, 2.05) is 0 Å². The Bertz CT molecular complexity index is 400. The molecule has 1 saturated heterocycles. The Morgan fingerprint density at radius 1 is 1.10 bits per heavy atom. The van der Waals surface area contributed by atoms with E-state index < -0.39 is 0 Å². The maximum atomic E-state index is 3.49. The first-order valence-corrected chi connectivity index (χ1v) is 8.42. The summed E-state index contributed by atoms with van der Waals surface area (Å²) in [4.78, 5) is 2.73. The lowest BCUT2D eigenvalue weighted by Gasteiger charge is -2.38. The summed E-state index contributed by atoms with van der Waals surface area (Å²) in [5.41, 5.74) is 3.01. The first-order valence-electron chi connectivity index (χ1n) is 8.42. The van der Waals surface area contributed by atoms with Crippen LogP contribution in [-0.4, -0.2) is 31.1 Å². The number of rotatable bonds is 4. The zero-order valence-corrected chi connectivity index (χ0v) is 12.8.